The Morgan fingerprint density at radius 1 is 1.47 bits per heavy atom. The Balaban J connectivity index is 1.89. The van der Waals surface area contributed by atoms with Crippen LogP contribution in [0.25, 0.3) is 11.3 Å². The molecule has 6 heteroatoms. The second-order valence-electron chi connectivity index (χ2n) is 4.78. The van der Waals surface area contributed by atoms with Crippen molar-refractivity contribution in [2.45, 2.75) is 31.1 Å². The molecule has 19 heavy (non-hydrogen) atoms. The average molecular weight is 312 g/mol. The van der Waals surface area contributed by atoms with Crippen LogP contribution in [0, 0.1) is 0 Å². The van der Waals surface area contributed by atoms with E-state index in [-0.39, 0.29) is 5.25 Å². The van der Waals surface area contributed by atoms with Crippen LogP contribution in [0.4, 0.5) is 0 Å². The van der Waals surface area contributed by atoms with Gasteiger partial charge < -0.3 is 0 Å². The van der Waals surface area contributed by atoms with Crippen LogP contribution in [0.3, 0.4) is 0 Å². The lowest BCUT2D eigenvalue weighted by Gasteiger charge is -2.10. The number of aromatic nitrogens is 3. The van der Waals surface area contributed by atoms with E-state index < -0.39 is 0 Å². The molecule has 3 nitrogen and oxygen atoms in total. The number of hydrogen-bond acceptors (Lipinski definition) is 4. The van der Waals surface area contributed by atoms with E-state index in [1.54, 1.807) is 0 Å². The summed E-state index contributed by atoms with van der Waals surface area (Å²) in [7, 11) is 1.46. The lowest BCUT2D eigenvalue weighted by molar-refractivity contribution is 0.642. The summed E-state index contributed by atoms with van der Waals surface area (Å²) in [6, 6.07) is 2.50. The summed E-state index contributed by atoms with van der Waals surface area (Å²) in [4.78, 5) is 4.49. The van der Waals surface area contributed by atoms with Crippen LogP contribution in [0.1, 0.15) is 36.6 Å². The highest BCUT2D eigenvalue weighted by molar-refractivity contribution is 8.68. The quantitative estimate of drug-likeness (QED) is 0.662. The Kier molecular flexibility index (Phi) is 3.78. The minimum Gasteiger partial charge on any atom is -0.269 e. The molecule has 1 saturated carbocycles. The van der Waals surface area contributed by atoms with Crippen molar-refractivity contribution in [3.05, 3.63) is 35.2 Å². The maximum Gasteiger partial charge on any atom is 0.0748 e. The molecule has 2 aromatic rings. The molecule has 1 fully saturated rings. The van der Waals surface area contributed by atoms with Gasteiger partial charge in [-0.25, -0.2) is 0 Å². The van der Waals surface area contributed by atoms with Crippen LogP contribution in [0.15, 0.2) is 24.7 Å². The Morgan fingerprint density at radius 3 is 2.89 bits per heavy atom. The zero-order chi connectivity index (χ0) is 13.4. The van der Waals surface area contributed by atoms with E-state index in [0.717, 1.165) is 21.8 Å². The summed E-state index contributed by atoms with van der Waals surface area (Å²) in [5.74, 6) is 0. The minimum atomic E-state index is 0.228. The molecular weight excluding hydrogens is 298 g/mol. The summed E-state index contributed by atoms with van der Waals surface area (Å²) in [6.07, 6.45) is 8.19. The van der Waals surface area contributed by atoms with Crippen molar-refractivity contribution >= 4 is 34.1 Å². The third-order valence-corrected chi connectivity index (χ3v) is 5.14. The molecule has 2 aromatic heterocycles. The van der Waals surface area contributed by atoms with Gasteiger partial charge in [0.05, 0.1) is 17.9 Å². The van der Waals surface area contributed by atoms with Gasteiger partial charge >= 0.3 is 0 Å². The molecule has 2 heterocycles. The summed E-state index contributed by atoms with van der Waals surface area (Å²) in [5, 5.41) is 5.34. The molecule has 1 unspecified atom stereocenters. The topological polar surface area (TPSA) is 30.7 Å². The summed E-state index contributed by atoms with van der Waals surface area (Å²) in [5.41, 5.74) is 2.91. The van der Waals surface area contributed by atoms with E-state index in [1.165, 1.54) is 23.6 Å². The third-order valence-electron chi connectivity index (χ3n) is 3.30. The van der Waals surface area contributed by atoms with Crippen molar-refractivity contribution in [2.75, 3.05) is 0 Å². The highest BCUT2D eigenvalue weighted by Crippen LogP contribution is 2.37. The van der Waals surface area contributed by atoms with Gasteiger partial charge in [0, 0.05) is 33.8 Å². The largest absolute Gasteiger partial charge is 0.269 e. The first kappa shape index (κ1) is 13.3. The van der Waals surface area contributed by atoms with Crippen LogP contribution in [0.5, 0.6) is 0 Å². The lowest BCUT2D eigenvalue weighted by atomic mass is 10.1. The number of rotatable bonds is 4. The van der Waals surface area contributed by atoms with Crippen LogP contribution in [0.2, 0.25) is 5.02 Å². The van der Waals surface area contributed by atoms with E-state index in [2.05, 4.69) is 28.7 Å². The molecule has 100 valence electrons. The maximum atomic E-state index is 6.32. The minimum absolute atomic E-state index is 0.228. The van der Waals surface area contributed by atoms with Gasteiger partial charge in [0.2, 0.25) is 0 Å². The first-order valence-electron chi connectivity index (χ1n) is 6.19. The number of halogens is 1. The molecule has 0 saturated heterocycles. The van der Waals surface area contributed by atoms with Gasteiger partial charge in [-0.1, -0.05) is 22.4 Å². The number of nitrogens with zero attached hydrogens (tertiary/aromatic N) is 3. The van der Waals surface area contributed by atoms with Crippen molar-refractivity contribution in [1.29, 1.82) is 0 Å². The number of hydrogen-bond donors (Lipinski definition) is 1. The van der Waals surface area contributed by atoms with Crippen LogP contribution in [-0.2, 0) is 0 Å². The van der Waals surface area contributed by atoms with E-state index >= 15 is 0 Å². The molecule has 1 aliphatic carbocycles. The van der Waals surface area contributed by atoms with E-state index in [4.69, 9.17) is 11.6 Å². The maximum absolute atomic E-state index is 6.32. The van der Waals surface area contributed by atoms with E-state index in [1.807, 2.05) is 29.3 Å². The molecular formula is C13H14ClN3S2. The highest BCUT2D eigenvalue weighted by Gasteiger charge is 2.24. The monoisotopic (exact) mass is 311 g/mol. The van der Waals surface area contributed by atoms with Gasteiger partial charge in [-0.3, -0.25) is 9.67 Å². The van der Waals surface area contributed by atoms with Crippen molar-refractivity contribution < 1.29 is 0 Å². The van der Waals surface area contributed by atoms with E-state index in [0.29, 0.717) is 6.04 Å². The highest BCUT2D eigenvalue weighted by atomic mass is 35.5. The van der Waals surface area contributed by atoms with Gasteiger partial charge in [0.1, 0.15) is 0 Å². The normalized spacial score (nSPS) is 16.6. The molecule has 0 aromatic carbocycles. The van der Waals surface area contributed by atoms with Gasteiger partial charge in [-0.15, -0.1) is 11.7 Å². The van der Waals surface area contributed by atoms with Crippen LogP contribution >= 0.6 is 34.1 Å². The zero-order valence-electron chi connectivity index (χ0n) is 10.5. The fourth-order valence-electron chi connectivity index (χ4n) is 1.96. The molecule has 0 aliphatic heterocycles. The van der Waals surface area contributed by atoms with Crippen LogP contribution in [-0.4, -0.2) is 14.8 Å². The number of pyridine rings is 1. The van der Waals surface area contributed by atoms with Gasteiger partial charge in [-0.05, 0) is 25.8 Å². The molecule has 1 atom stereocenters. The Labute approximate surface area is 126 Å². The van der Waals surface area contributed by atoms with Gasteiger partial charge in [0.15, 0.2) is 0 Å². The molecule has 0 amide bonds. The van der Waals surface area contributed by atoms with Crippen molar-refractivity contribution in [2.24, 2.45) is 0 Å². The van der Waals surface area contributed by atoms with Crippen molar-refractivity contribution in [3.8, 4) is 11.3 Å². The smallest absolute Gasteiger partial charge is 0.0748 e. The summed E-state index contributed by atoms with van der Waals surface area (Å²) in [6.45, 7) is 2.06. The lowest BCUT2D eigenvalue weighted by Crippen LogP contribution is -1.93. The first-order valence-corrected chi connectivity index (χ1v) is 8.50. The second-order valence-corrected chi connectivity index (χ2v) is 6.74. The molecule has 0 spiro atoms. The van der Waals surface area contributed by atoms with Gasteiger partial charge in [0.25, 0.3) is 0 Å². The number of thiol groups is 1. The molecule has 0 N–H and O–H groups in total. The molecule has 1 aliphatic rings. The zero-order valence-corrected chi connectivity index (χ0v) is 12.9. The van der Waals surface area contributed by atoms with Crippen molar-refractivity contribution in [3.63, 3.8) is 0 Å². The molecule has 3 rings (SSSR count). The average Bonchev–Trinajstić information content (AvgIpc) is 3.15. The summed E-state index contributed by atoms with van der Waals surface area (Å²) < 4.78 is 2.02. The second kappa shape index (κ2) is 5.38. The van der Waals surface area contributed by atoms with E-state index in [9.17, 15) is 0 Å². The van der Waals surface area contributed by atoms with Crippen LogP contribution < -0.4 is 0 Å². The third kappa shape index (κ3) is 2.78. The predicted octanol–water partition coefficient (Wildman–Crippen LogP) is 4.57. The fourth-order valence-corrected chi connectivity index (χ4v) is 2.99. The fraction of sp³-hybridized carbons (Fsp3) is 0.385. The van der Waals surface area contributed by atoms with Gasteiger partial charge in [-0.2, -0.15) is 5.10 Å². The van der Waals surface area contributed by atoms with Crippen molar-refractivity contribution in [1.82, 2.24) is 14.8 Å². The Bertz CT molecular complexity index is 595. The first-order chi connectivity index (χ1) is 9.19. The standard InChI is InChI=1S/C13H14ClN3S2/c1-8(19-18)11-6-15-13(4-12(11)14)9-5-16-17(7-9)10-2-3-10/h4-8,10,18H,2-3H2,1H3. The molecule has 0 radical (unpaired) electrons. The Hall–Kier alpha value is -0.650. The summed E-state index contributed by atoms with van der Waals surface area (Å²) >= 11 is 10.5. The molecule has 0 bridgehead atoms. The predicted molar refractivity (Wildman–Crippen MR) is 83.7 cm³/mol. The SMILES string of the molecule is CC(SS)c1cnc(-c2cnn(C3CC3)c2)cc1Cl. The Morgan fingerprint density at radius 2 is 2.26 bits per heavy atom.